The maximum Gasteiger partial charge on any atom is 0.240 e. The Balaban J connectivity index is 2.18. The van der Waals surface area contributed by atoms with Crippen LogP contribution in [0.15, 0.2) is 12.1 Å². The van der Waals surface area contributed by atoms with Crippen LogP contribution in [0, 0.1) is 0 Å². The van der Waals surface area contributed by atoms with Gasteiger partial charge in [-0.25, -0.2) is 4.98 Å². The van der Waals surface area contributed by atoms with Gasteiger partial charge in [-0.2, -0.15) is 0 Å². The Morgan fingerprint density at radius 1 is 1.50 bits per heavy atom. The van der Waals surface area contributed by atoms with Crippen molar-refractivity contribution in [2.24, 2.45) is 5.73 Å². The molecule has 0 aliphatic carbocycles. The van der Waals surface area contributed by atoms with Crippen LogP contribution in [0.4, 0.5) is 17.3 Å². The van der Waals surface area contributed by atoms with E-state index in [9.17, 15) is 14.7 Å². The fourth-order valence-corrected chi connectivity index (χ4v) is 2.76. The highest BCUT2D eigenvalue weighted by Gasteiger charge is 2.35. The van der Waals surface area contributed by atoms with Crippen molar-refractivity contribution in [3.05, 3.63) is 12.1 Å². The summed E-state index contributed by atoms with van der Waals surface area (Å²) in [6.45, 7) is 2.74. The summed E-state index contributed by atoms with van der Waals surface area (Å²) >= 11 is 0. The molecule has 2 heterocycles. The van der Waals surface area contributed by atoms with Crippen LogP contribution in [-0.4, -0.2) is 60.7 Å². The van der Waals surface area contributed by atoms with Gasteiger partial charge in [0.2, 0.25) is 11.8 Å². The highest BCUT2D eigenvalue weighted by Crippen LogP contribution is 2.28. The van der Waals surface area contributed by atoms with Gasteiger partial charge in [0.25, 0.3) is 0 Å². The predicted molar refractivity (Wildman–Crippen MR) is 91.6 cm³/mol. The van der Waals surface area contributed by atoms with Crippen LogP contribution in [0.2, 0.25) is 0 Å². The van der Waals surface area contributed by atoms with Crippen LogP contribution in [0.5, 0.6) is 0 Å². The number of aliphatic hydroxyl groups is 1. The van der Waals surface area contributed by atoms with E-state index in [0.29, 0.717) is 37.0 Å². The van der Waals surface area contributed by atoms with Crippen LogP contribution in [0.25, 0.3) is 0 Å². The van der Waals surface area contributed by atoms with Crippen LogP contribution >= 0.6 is 0 Å². The van der Waals surface area contributed by atoms with E-state index in [2.05, 4.69) is 10.3 Å². The third-order valence-electron chi connectivity index (χ3n) is 3.98. The van der Waals surface area contributed by atoms with Gasteiger partial charge in [-0.05, 0) is 12.1 Å². The number of aromatic nitrogens is 1. The number of carbonyl (C=O) groups is 2. The van der Waals surface area contributed by atoms with Crippen LogP contribution in [-0.2, 0) is 9.59 Å². The zero-order valence-electron chi connectivity index (χ0n) is 13.9. The molecule has 1 aliphatic rings. The summed E-state index contributed by atoms with van der Waals surface area (Å²) in [4.78, 5) is 30.6. The molecule has 2 amide bonds. The fraction of sp³-hybridized carbons (Fsp3) is 0.533. The minimum Gasteiger partial charge on any atom is -0.396 e. The van der Waals surface area contributed by atoms with E-state index >= 15 is 0 Å². The molecule has 132 valence electrons. The molecule has 1 aromatic heterocycles. The Hall–Kier alpha value is -2.55. The first-order valence-electron chi connectivity index (χ1n) is 7.75. The van der Waals surface area contributed by atoms with Crippen molar-refractivity contribution in [1.29, 1.82) is 0 Å². The summed E-state index contributed by atoms with van der Waals surface area (Å²) < 4.78 is 0. The first-order valence-corrected chi connectivity index (χ1v) is 7.75. The number of rotatable bonds is 6. The number of likely N-dealkylation sites (N-methyl/N-ethyl adjacent to an activating group) is 1. The first kappa shape index (κ1) is 17.8. The van der Waals surface area contributed by atoms with Gasteiger partial charge in [-0.15, -0.1) is 0 Å². The second-order valence-electron chi connectivity index (χ2n) is 5.95. The van der Waals surface area contributed by atoms with E-state index in [1.165, 1.54) is 6.92 Å². The van der Waals surface area contributed by atoms with Crippen molar-refractivity contribution < 1.29 is 14.7 Å². The molecule has 2 atom stereocenters. The molecule has 9 heteroatoms. The lowest BCUT2D eigenvalue weighted by Crippen LogP contribution is -2.41. The molecular formula is C15H24N6O3. The fourth-order valence-electron chi connectivity index (χ4n) is 2.76. The molecule has 24 heavy (non-hydrogen) atoms. The van der Waals surface area contributed by atoms with Crippen LogP contribution in [0.3, 0.4) is 0 Å². The number of aliphatic hydroxyl groups excluding tert-OH is 1. The summed E-state index contributed by atoms with van der Waals surface area (Å²) in [6, 6.07) is 2.82. The van der Waals surface area contributed by atoms with Gasteiger partial charge in [0.1, 0.15) is 11.9 Å². The molecule has 2 rings (SSSR count). The Labute approximate surface area is 140 Å². The third kappa shape index (κ3) is 4.05. The maximum absolute atomic E-state index is 11.6. The highest BCUT2D eigenvalue weighted by molar-refractivity contribution is 5.84. The molecule has 1 aliphatic heterocycles. The molecule has 1 saturated heterocycles. The molecular weight excluding hydrogens is 312 g/mol. The summed E-state index contributed by atoms with van der Waals surface area (Å²) in [5.41, 5.74) is 11.9. The van der Waals surface area contributed by atoms with Crippen molar-refractivity contribution in [2.75, 3.05) is 42.2 Å². The maximum atomic E-state index is 11.6. The number of nitrogens with two attached hydrogens (primary N) is 2. The molecule has 0 radical (unpaired) electrons. The molecule has 0 spiro atoms. The number of nitrogens with zero attached hydrogens (tertiary/aromatic N) is 3. The zero-order chi connectivity index (χ0) is 17.9. The Bertz CT molecular complexity index is 623. The van der Waals surface area contributed by atoms with Crippen LogP contribution < -0.4 is 26.6 Å². The second-order valence-corrected chi connectivity index (χ2v) is 5.95. The Kier molecular flexibility index (Phi) is 5.45. The quantitative estimate of drug-likeness (QED) is 0.504. The van der Waals surface area contributed by atoms with E-state index in [-0.39, 0.29) is 12.3 Å². The zero-order valence-corrected chi connectivity index (χ0v) is 13.9. The van der Waals surface area contributed by atoms with E-state index in [1.54, 1.807) is 17.0 Å². The molecule has 1 aromatic rings. The van der Waals surface area contributed by atoms with Crippen LogP contribution in [0.1, 0.15) is 13.3 Å². The van der Waals surface area contributed by atoms with E-state index < -0.39 is 18.1 Å². The molecule has 6 N–H and O–H groups in total. The van der Waals surface area contributed by atoms with Crippen molar-refractivity contribution in [3.63, 3.8) is 0 Å². The second kappa shape index (κ2) is 7.35. The Morgan fingerprint density at radius 2 is 2.21 bits per heavy atom. The van der Waals surface area contributed by atoms with E-state index in [1.807, 2.05) is 11.9 Å². The van der Waals surface area contributed by atoms with Gasteiger partial charge < -0.3 is 31.7 Å². The average molecular weight is 336 g/mol. The number of pyridine rings is 1. The third-order valence-corrected chi connectivity index (χ3v) is 3.98. The summed E-state index contributed by atoms with van der Waals surface area (Å²) in [5.74, 6) is 0.479. The Morgan fingerprint density at radius 3 is 2.83 bits per heavy atom. The molecule has 9 nitrogen and oxygen atoms in total. The normalized spacial score (nSPS) is 20.0. The molecule has 1 fully saturated rings. The first-order chi connectivity index (χ1) is 11.3. The molecule has 0 bridgehead atoms. The summed E-state index contributed by atoms with van der Waals surface area (Å²) in [6.07, 6.45) is -0.336. The minimum atomic E-state index is -0.622. The number of hydrogen-bond acceptors (Lipinski definition) is 7. The SMILES string of the molecule is CC(=O)NCCN(C)c1nc(N2CC(O)CC2C(N)=O)ccc1N. The highest BCUT2D eigenvalue weighted by atomic mass is 16.3. The average Bonchev–Trinajstić information content (AvgIpc) is 2.89. The van der Waals surface area contributed by atoms with Crippen molar-refractivity contribution >= 4 is 29.1 Å². The molecule has 2 unspecified atom stereocenters. The summed E-state index contributed by atoms with van der Waals surface area (Å²) in [7, 11) is 1.81. The lowest BCUT2D eigenvalue weighted by atomic mass is 10.2. The number of nitrogen functional groups attached to an aromatic ring is 1. The predicted octanol–water partition coefficient (Wildman–Crippen LogP) is -1.34. The topological polar surface area (TPSA) is 138 Å². The summed E-state index contributed by atoms with van der Waals surface area (Å²) in [5, 5.41) is 12.5. The number of carbonyl (C=O) groups excluding carboxylic acids is 2. The largest absolute Gasteiger partial charge is 0.396 e. The van der Waals surface area contributed by atoms with Gasteiger partial charge in [-0.1, -0.05) is 0 Å². The van der Waals surface area contributed by atoms with Gasteiger partial charge in [0, 0.05) is 40.0 Å². The van der Waals surface area contributed by atoms with Gasteiger partial charge in [0.05, 0.1) is 11.8 Å². The lowest BCUT2D eigenvalue weighted by Gasteiger charge is -2.26. The number of nitrogens with one attached hydrogen (secondary N) is 1. The molecule has 0 aromatic carbocycles. The van der Waals surface area contributed by atoms with Crippen molar-refractivity contribution in [3.8, 4) is 0 Å². The van der Waals surface area contributed by atoms with Gasteiger partial charge >= 0.3 is 0 Å². The number of amides is 2. The lowest BCUT2D eigenvalue weighted by molar-refractivity contribution is -0.119. The standard InChI is InChI=1S/C15H24N6O3/c1-9(22)18-5-6-20(2)15-11(16)3-4-13(19-15)21-8-10(23)7-12(21)14(17)24/h3-4,10,12,23H,5-8,16H2,1-2H3,(H2,17,24)(H,18,22). The monoisotopic (exact) mass is 336 g/mol. The van der Waals surface area contributed by atoms with Crippen molar-refractivity contribution in [2.45, 2.75) is 25.5 Å². The van der Waals surface area contributed by atoms with Gasteiger partial charge in [-0.3, -0.25) is 9.59 Å². The van der Waals surface area contributed by atoms with E-state index in [4.69, 9.17) is 11.5 Å². The number of primary amides is 1. The smallest absolute Gasteiger partial charge is 0.240 e. The number of hydrogen-bond donors (Lipinski definition) is 4. The van der Waals surface area contributed by atoms with Gasteiger partial charge in [0.15, 0.2) is 5.82 Å². The van der Waals surface area contributed by atoms with Crippen molar-refractivity contribution in [1.82, 2.24) is 10.3 Å². The minimum absolute atomic E-state index is 0.103. The number of β-amino-alcohol motifs (C(OH)–C–C–N with tert-alkyl or cyclic N) is 1. The van der Waals surface area contributed by atoms with E-state index in [0.717, 1.165) is 0 Å². The molecule has 0 saturated carbocycles. The number of anilines is 3.